The normalized spacial score (nSPS) is 20.6. The van der Waals surface area contributed by atoms with Crippen molar-refractivity contribution in [2.45, 2.75) is 45.4 Å². The Morgan fingerprint density at radius 1 is 1.43 bits per heavy atom. The maximum Gasteiger partial charge on any atom is 0.126 e. The molecule has 2 unspecified atom stereocenters. The van der Waals surface area contributed by atoms with Crippen LogP contribution in [0, 0.1) is 12.7 Å². The molecule has 0 bridgehead atoms. The molecule has 4 heteroatoms. The Labute approximate surface area is 132 Å². The summed E-state index contributed by atoms with van der Waals surface area (Å²) < 4.78 is 14.0. The maximum atomic E-state index is 14.0. The number of benzene rings is 1. The monoisotopic (exact) mass is 310 g/mol. The molecule has 1 fully saturated rings. The van der Waals surface area contributed by atoms with Gasteiger partial charge in [-0.3, -0.25) is 0 Å². The average Bonchev–Trinajstić information content (AvgIpc) is 2.49. The molecule has 0 aliphatic carbocycles. The molecule has 2 rings (SSSR count). The van der Waals surface area contributed by atoms with Crippen molar-refractivity contribution in [2.24, 2.45) is 0 Å². The molecular weight excluding hydrogens is 283 g/mol. The third-order valence-corrected chi connectivity index (χ3v) is 5.59. The van der Waals surface area contributed by atoms with Gasteiger partial charge in [-0.1, -0.05) is 13.8 Å². The molecule has 2 nitrogen and oxygen atoms in total. The Bertz CT molecular complexity index is 478. The molecule has 1 aliphatic heterocycles. The van der Waals surface area contributed by atoms with Gasteiger partial charge in [0.1, 0.15) is 5.82 Å². The summed E-state index contributed by atoms with van der Waals surface area (Å²) in [4.78, 5) is 2.44. The van der Waals surface area contributed by atoms with Crippen LogP contribution in [0.2, 0.25) is 0 Å². The van der Waals surface area contributed by atoms with Crippen LogP contribution in [-0.2, 0) is 0 Å². The summed E-state index contributed by atoms with van der Waals surface area (Å²) in [7, 11) is 0. The van der Waals surface area contributed by atoms with Gasteiger partial charge in [-0.2, -0.15) is 11.8 Å². The standard InChI is InChI=1S/C17H27FN2S/c1-5-14-11-20(7-8-21-14)17-9-12(3)16(18)10-15(17)13(4)19-6-2/h9-10,13-14,19H,5-8,11H2,1-4H3. The molecule has 0 spiro atoms. The molecule has 118 valence electrons. The van der Waals surface area contributed by atoms with Gasteiger partial charge < -0.3 is 10.2 Å². The highest BCUT2D eigenvalue weighted by Gasteiger charge is 2.23. The topological polar surface area (TPSA) is 15.3 Å². The number of aryl methyl sites for hydroxylation is 1. The molecule has 1 aliphatic rings. The third kappa shape index (κ3) is 3.92. The first-order valence-corrected chi connectivity index (χ1v) is 9.01. The molecular formula is C17H27FN2S. The lowest BCUT2D eigenvalue weighted by molar-refractivity contribution is 0.576. The Balaban J connectivity index is 2.33. The molecule has 1 aromatic rings. The fourth-order valence-corrected chi connectivity index (χ4v) is 4.08. The Kier molecular flexibility index (Phi) is 5.94. The minimum atomic E-state index is -0.100. The second-order valence-corrected chi connectivity index (χ2v) is 7.19. The van der Waals surface area contributed by atoms with E-state index < -0.39 is 0 Å². The molecule has 1 N–H and O–H groups in total. The number of anilines is 1. The van der Waals surface area contributed by atoms with E-state index in [1.165, 1.54) is 12.1 Å². The quantitative estimate of drug-likeness (QED) is 0.880. The summed E-state index contributed by atoms with van der Waals surface area (Å²) >= 11 is 2.06. The highest BCUT2D eigenvalue weighted by atomic mass is 32.2. The summed E-state index contributed by atoms with van der Waals surface area (Å²) in [6.45, 7) is 11.3. The van der Waals surface area contributed by atoms with Crippen molar-refractivity contribution < 1.29 is 4.39 Å². The zero-order valence-corrected chi connectivity index (χ0v) is 14.4. The second-order valence-electron chi connectivity index (χ2n) is 5.79. The van der Waals surface area contributed by atoms with Crippen LogP contribution in [0.4, 0.5) is 10.1 Å². The number of halogens is 1. The van der Waals surface area contributed by atoms with E-state index in [1.54, 1.807) is 6.07 Å². The van der Waals surface area contributed by atoms with Crippen molar-refractivity contribution in [3.8, 4) is 0 Å². The van der Waals surface area contributed by atoms with E-state index in [2.05, 4.69) is 42.7 Å². The summed E-state index contributed by atoms with van der Waals surface area (Å²) in [6.07, 6.45) is 1.19. The van der Waals surface area contributed by atoms with Crippen molar-refractivity contribution >= 4 is 17.4 Å². The van der Waals surface area contributed by atoms with Crippen LogP contribution in [0.15, 0.2) is 12.1 Å². The van der Waals surface area contributed by atoms with Gasteiger partial charge in [0.2, 0.25) is 0 Å². The van der Waals surface area contributed by atoms with Crippen LogP contribution >= 0.6 is 11.8 Å². The number of nitrogens with one attached hydrogen (secondary N) is 1. The van der Waals surface area contributed by atoms with E-state index in [4.69, 9.17) is 0 Å². The largest absolute Gasteiger partial charge is 0.369 e. The van der Waals surface area contributed by atoms with E-state index in [9.17, 15) is 4.39 Å². The van der Waals surface area contributed by atoms with E-state index in [0.717, 1.165) is 36.5 Å². The molecule has 0 radical (unpaired) electrons. The number of hydrogen-bond donors (Lipinski definition) is 1. The van der Waals surface area contributed by atoms with Crippen molar-refractivity contribution in [1.82, 2.24) is 5.32 Å². The van der Waals surface area contributed by atoms with Crippen LogP contribution in [0.3, 0.4) is 0 Å². The van der Waals surface area contributed by atoms with E-state index >= 15 is 0 Å². The lowest BCUT2D eigenvalue weighted by Crippen LogP contribution is -2.38. The minimum absolute atomic E-state index is 0.100. The predicted molar refractivity (Wildman–Crippen MR) is 92.0 cm³/mol. The van der Waals surface area contributed by atoms with Crippen molar-refractivity contribution in [1.29, 1.82) is 0 Å². The van der Waals surface area contributed by atoms with Gasteiger partial charge in [0.15, 0.2) is 0 Å². The van der Waals surface area contributed by atoms with Gasteiger partial charge in [0.05, 0.1) is 0 Å². The molecule has 1 aromatic carbocycles. The van der Waals surface area contributed by atoms with Gasteiger partial charge in [-0.05, 0) is 50.1 Å². The van der Waals surface area contributed by atoms with Gasteiger partial charge in [-0.25, -0.2) is 4.39 Å². The highest BCUT2D eigenvalue weighted by Crippen LogP contribution is 2.33. The lowest BCUT2D eigenvalue weighted by atomic mass is 10.0. The van der Waals surface area contributed by atoms with E-state index in [1.807, 2.05) is 13.0 Å². The summed E-state index contributed by atoms with van der Waals surface area (Å²) in [5.74, 6) is 1.06. The SMILES string of the molecule is CCNC(C)c1cc(F)c(C)cc1N1CCSC(CC)C1. The molecule has 1 saturated heterocycles. The van der Waals surface area contributed by atoms with Crippen LogP contribution < -0.4 is 10.2 Å². The number of rotatable bonds is 5. The van der Waals surface area contributed by atoms with Crippen LogP contribution in [-0.4, -0.2) is 30.6 Å². The van der Waals surface area contributed by atoms with Gasteiger partial charge >= 0.3 is 0 Å². The van der Waals surface area contributed by atoms with Crippen LogP contribution in [0.25, 0.3) is 0 Å². The molecule has 2 atom stereocenters. The predicted octanol–water partition coefficient (Wildman–Crippen LogP) is 4.14. The fourth-order valence-electron chi connectivity index (χ4n) is 2.90. The molecule has 0 aromatic heterocycles. The second kappa shape index (κ2) is 7.50. The van der Waals surface area contributed by atoms with E-state index in [0.29, 0.717) is 5.25 Å². The fraction of sp³-hybridized carbons (Fsp3) is 0.647. The Hall–Kier alpha value is -0.740. The van der Waals surface area contributed by atoms with Gasteiger partial charge in [0.25, 0.3) is 0 Å². The molecule has 1 heterocycles. The van der Waals surface area contributed by atoms with Gasteiger partial charge in [0, 0.05) is 35.8 Å². The summed E-state index contributed by atoms with van der Waals surface area (Å²) in [5, 5.41) is 4.10. The molecule has 0 saturated carbocycles. The van der Waals surface area contributed by atoms with Crippen molar-refractivity contribution in [3.05, 3.63) is 29.1 Å². The first-order chi connectivity index (χ1) is 10.1. The summed E-state index contributed by atoms with van der Waals surface area (Å²) in [5.41, 5.74) is 3.03. The Morgan fingerprint density at radius 2 is 2.19 bits per heavy atom. The van der Waals surface area contributed by atoms with Crippen LogP contribution in [0.1, 0.15) is 44.4 Å². The average molecular weight is 310 g/mol. The number of hydrogen-bond acceptors (Lipinski definition) is 3. The smallest absolute Gasteiger partial charge is 0.126 e. The number of nitrogens with zero attached hydrogens (tertiary/aromatic N) is 1. The zero-order chi connectivity index (χ0) is 15.4. The van der Waals surface area contributed by atoms with Crippen LogP contribution in [0.5, 0.6) is 0 Å². The first-order valence-electron chi connectivity index (χ1n) is 7.96. The molecule has 21 heavy (non-hydrogen) atoms. The first kappa shape index (κ1) is 16.6. The van der Waals surface area contributed by atoms with Crippen molar-refractivity contribution in [2.75, 3.05) is 30.3 Å². The maximum absolute atomic E-state index is 14.0. The minimum Gasteiger partial charge on any atom is -0.369 e. The highest BCUT2D eigenvalue weighted by molar-refractivity contribution is 8.00. The summed E-state index contributed by atoms with van der Waals surface area (Å²) in [6, 6.07) is 3.93. The number of thioether (sulfide) groups is 1. The Morgan fingerprint density at radius 3 is 2.86 bits per heavy atom. The van der Waals surface area contributed by atoms with Gasteiger partial charge in [-0.15, -0.1) is 0 Å². The van der Waals surface area contributed by atoms with Crippen molar-refractivity contribution in [3.63, 3.8) is 0 Å². The third-order valence-electron chi connectivity index (χ3n) is 4.22. The zero-order valence-electron chi connectivity index (χ0n) is 13.6. The lowest BCUT2D eigenvalue weighted by Gasteiger charge is -2.36. The van der Waals surface area contributed by atoms with E-state index in [-0.39, 0.29) is 11.9 Å². The molecule has 0 amide bonds.